The Morgan fingerprint density at radius 1 is 0.952 bits per heavy atom. The van der Waals surface area contributed by atoms with E-state index in [1.807, 2.05) is 0 Å². The predicted octanol–water partition coefficient (Wildman–Crippen LogP) is 4.15. The molecule has 1 aromatic rings. The summed E-state index contributed by atoms with van der Waals surface area (Å²) >= 11 is 0. The van der Waals surface area contributed by atoms with Gasteiger partial charge in [-0.2, -0.15) is 0 Å². The van der Waals surface area contributed by atoms with Gasteiger partial charge in [0, 0.05) is 5.69 Å². The van der Waals surface area contributed by atoms with Crippen molar-refractivity contribution in [1.82, 2.24) is 0 Å². The average molecular weight is 291 g/mol. The van der Waals surface area contributed by atoms with E-state index >= 15 is 0 Å². The summed E-state index contributed by atoms with van der Waals surface area (Å²) in [5.41, 5.74) is 13.0. The van der Waals surface area contributed by atoms with Crippen LogP contribution in [-0.2, 0) is 27.0 Å². The highest BCUT2D eigenvalue weighted by Crippen LogP contribution is 2.42. The lowest BCUT2D eigenvalue weighted by Crippen LogP contribution is -2.24. The third-order valence-corrected chi connectivity index (χ3v) is 3.99. The molecular weight excluding hydrogens is 262 g/mol. The molecule has 0 heterocycles. The van der Waals surface area contributed by atoms with Crippen molar-refractivity contribution in [2.75, 3.05) is 5.73 Å². The molecule has 0 atom stereocenters. The van der Waals surface area contributed by atoms with Crippen LogP contribution in [-0.4, -0.2) is 6.47 Å². The Kier molecular flexibility index (Phi) is 4.76. The van der Waals surface area contributed by atoms with E-state index in [1.165, 1.54) is 0 Å². The Morgan fingerprint density at radius 2 is 1.33 bits per heavy atom. The van der Waals surface area contributed by atoms with E-state index in [0.717, 1.165) is 33.5 Å². The lowest BCUT2D eigenvalue weighted by atomic mass is 9.73. The van der Waals surface area contributed by atoms with Gasteiger partial charge in [0.05, 0.1) is 0 Å². The lowest BCUT2D eigenvalue weighted by molar-refractivity contribution is -0.129. The number of carbonyl (C=O) groups excluding carboxylic acids is 1. The Hall–Kier alpha value is -1.51. The van der Waals surface area contributed by atoms with Gasteiger partial charge in [-0.15, -0.1) is 0 Å². The summed E-state index contributed by atoms with van der Waals surface area (Å²) in [4.78, 5) is 10.6. The van der Waals surface area contributed by atoms with Crippen molar-refractivity contribution in [3.05, 3.63) is 27.8 Å². The summed E-state index contributed by atoms with van der Waals surface area (Å²) in [6, 6.07) is 0. The maximum absolute atomic E-state index is 10.6. The van der Waals surface area contributed by atoms with Crippen LogP contribution in [0.2, 0.25) is 0 Å². The van der Waals surface area contributed by atoms with E-state index in [-0.39, 0.29) is 10.8 Å². The first-order valence-electron chi connectivity index (χ1n) is 7.40. The Morgan fingerprint density at radius 3 is 1.62 bits per heavy atom. The monoisotopic (exact) mass is 291 g/mol. The fraction of sp³-hybridized carbons (Fsp3) is 0.611. The second kappa shape index (κ2) is 5.70. The number of hydrogen-bond acceptors (Lipinski definition) is 3. The molecule has 0 bridgehead atoms. The summed E-state index contributed by atoms with van der Waals surface area (Å²) in [6.45, 7) is 17.9. The zero-order chi connectivity index (χ0) is 16.6. The van der Waals surface area contributed by atoms with E-state index in [2.05, 4.69) is 55.4 Å². The molecule has 1 rings (SSSR count). The fourth-order valence-corrected chi connectivity index (χ4v) is 3.38. The Bertz CT molecular complexity index is 505. The molecule has 0 aliphatic rings. The van der Waals surface area contributed by atoms with Crippen molar-refractivity contribution in [3.63, 3.8) is 0 Å². The van der Waals surface area contributed by atoms with E-state index in [4.69, 9.17) is 10.5 Å². The maximum atomic E-state index is 10.6. The predicted molar refractivity (Wildman–Crippen MR) is 88.6 cm³/mol. The minimum atomic E-state index is -0.0577. The molecule has 0 fully saturated rings. The second-order valence-corrected chi connectivity index (χ2v) is 7.80. The van der Waals surface area contributed by atoms with Crippen LogP contribution in [0.3, 0.4) is 0 Å². The Balaban J connectivity index is 3.79. The molecule has 1 aromatic carbocycles. The minimum Gasteiger partial charge on any atom is -0.463 e. The molecule has 0 aliphatic heterocycles. The smallest absolute Gasteiger partial charge is 0.293 e. The number of ether oxygens (including phenoxy) is 1. The van der Waals surface area contributed by atoms with Crippen LogP contribution in [0.1, 0.15) is 69.4 Å². The number of rotatable bonds is 3. The Labute approximate surface area is 128 Å². The number of hydrogen-bond donors (Lipinski definition) is 1. The largest absolute Gasteiger partial charge is 0.463 e. The first-order valence-corrected chi connectivity index (χ1v) is 7.40. The van der Waals surface area contributed by atoms with E-state index in [1.54, 1.807) is 0 Å². The van der Waals surface area contributed by atoms with Gasteiger partial charge in [0.1, 0.15) is 6.61 Å². The number of nitrogen functional groups attached to an aromatic ring is 1. The van der Waals surface area contributed by atoms with Crippen LogP contribution in [0.4, 0.5) is 5.69 Å². The topological polar surface area (TPSA) is 52.3 Å². The third-order valence-electron chi connectivity index (χ3n) is 3.99. The van der Waals surface area contributed by atoms with Crippen molar-refractivity contribution in [2.24, 2.45) is 0 Å². The van der Waals surface area contributed by atoms with Crippen LogP contribution in [0, 0.1) is 13.8 Å². The quantitative estimate of drug-likeness (QED) is 0.672. The molecule has 3 nitrogen and oxygen atoms in total. The van der Waals surface area contributed by atoms with Gasteiger partial charge in [0.25, 0.3) is 6.47 Å². The average Bonchev–Trinajstić information content (AvgIpc) is 2.24. The molecule has 21 heavy (non-hydrogen) atoms. The van der Waals surface area contributed by atoms with E-state index in [0.29, 0.717) is 13.1 Å². The van der Waals surface area contributed by atoms with Crippen molar-refractivity contribution in [3.8, 4) is 0 Å². The van der Waals surface area contributed by atoms with Crippen LogP contribution < -0.4 is 5.73 Å². The van der Waals surface area contributed by atoms with Gasteiger partial charge in [-0.25, -0.2) is 0 Å². The zero-order valence-corrected chi connectivity index (χ0v) is 14.7. The van der Waals surface area contributed by atoms with Gasteiger partial charge in [0.15, 0.2) is 0 Å². The zero-order valence-electron chi connectivity index (χ0n) is 14.7. The van der Waals surface area contributed by atoms with Gasteiger partial charge >= 0.3 is 0 Å². The summed E-state index contributed by atoms with van der Waals surface area (Å²) in [6.07, 6.45) is 0. The van der Waals surface area contributed by atoms with Crippen LogP contribution in [0.15, 0.2) is 0 Å². The number of anilines is 1. The minimum absolute atomic E-state index is 0.0577. The molecule has 0 aromatic heterocycles. The van der Waals surface area contributed by atoms with Crippen molar-refractivity contribution in [2.45, 2.75) is 72.8 Å². The van der Waals surface area contributed by atoms with Crippen LogP contribution in [0.5, 0.6) is 0 Å². The SMILES string of the molecule is Cc1c(COC=O)c(C)c(C(C)(C)C)c(N)c1C(C)(C)C. The van der Waals surface area contributed by atoms with Crippen molar-refractivity contribution in [1.29, 1.82) is 0 Å². The molecule has 0 spiro atoms. The van der Waals surface area contributed by atoms with Gasteiger partial charge in [-0.1, -0.05) is 41.5 Å². The standard InChI is InChI=1S/C18H29NO2/c1-11-13(9-21-10-20)12(2)15(18(6,7)8)16(19)14(11)17(3,4)5/h10H,9,19H2,1-8H3. The van der Waals surface area contributed by atoms with Crippen molar-refractivity contribution >= 4 is 12.2 Å². The highest BCUT2D eigenvalue weighted by Gasteiger charge is 2.30. The molecule has 0 amide bonds. The van der Waals surface area contributed by atoms with E-state index < -0.39 is 0 Å². The highest BCUT2D eigenvalue weighted by atomic mass is 16.5. The summed E-state index contributed by atoms with van der Waals surface area (Å²) in [5, 5.41) is 0. The lowest BCUT2D eigenvalue weighted by Gasteiger charge is -2.33. The summed E-state index contributed by atoms with van der Waals surface area (Å²) < 4.78 is 5.04. The van der Waals surface area contributed by atoms with Crippen LogP contribution >= 0.6 is 0 Å². The number of carbonyl (C=O) groups is 1. The molecule has 0 saturated carbocycles. The molecule has 118 valence electrons. The van der Waals surface area contributed by atoms with Crippen LogP contribution in [0.25, 0.3) is 0 Å². The van der Waals surface area contributed by atoms with E-state index in [9.17, 15) is 4.79 Å². The molecule has 0 aliphatic carbocycles. The summed E-state index contributed by atoms with van der Waals surface area (Å²) in [7, 11) is 0. The first-order chi connectivity index (χ1) is 9.42. The normalized spacial score (nSPS) is 12.4. The molecule has 0 unspecified atom stereocenters. The van der Waals surface area contributed by atoms with Gasteiger partial charge in [-0.05, 0) is 52.5 Å². The van der Waals surface area contributed by atoms with Gasteiger partial charge < -0.3 is 10.5 Å². The summed E-state index contributed by atoms with van der Waals surface area (Å²) in [5.74, 6) is 0. The number of benzene rings is 1. The second-order valence-electron chi connectivity index (χ2n) is 7.80. The molecule has 0 saturated heterocycles. The molecule has 3 heteroatoms. The molecule has 0 radical (unpaired) electrons. The van der Waals surface area contributed by atoms with Gasteiger partial charge in [0.2, 0.25) is 0 Å². The third kappa shape index (κ3) is 3.39. The van der Waals surface area contributed by atoms with Gasteiger partial charge in [-0.3, -0.25) is 4.79 Å². The molecule has 2 N–H and O–H groups in total. The fourth-order valence-electron chi connectivity index (χ4n) is 3.38. The van der Waals surface area contributed by atoms with Crippen molar-refractivity contribution < 1.29 is 9.53 Å². The first kappa shape index (κ1) is 17.5. The highest BCUT2D eigenvalue weighted by molar-refractivity contribution is 5.67. The molecular formula is C18H29NO2. The number of nitrogens with two attached hydrogens (primary N) is 1. The maximum Gasteiger partial charge on any atom is 0.293 e.